The van der Waals surface area contributed by atoms with Gasteiger partial charge in [-0.2, -0.15) is 0 Å². The van der Waals surface area contributed by atoms with Gasteiger partial charge in [-0.1, -0.05) is 13.0 Å². The molecular formula is C18H23F2NO. The van der Waals surface area contributed by atoms with Crippen LogP contribution >= 0.6 is 0 Å². The highest BCUT2D eigenvalue weighted by atomic mass is 19.2. The van der Waals surface area contributed by atoms with Gasteiger partial charge < -0.3 is 4.90 Å². The Balaban J connectivity index is 1.54. The number of hydrogen-bond acceptors (Lipinski definition) is 1. The topological polar surface area (TPSA) is 20.3 Å². The van der Waals surface area contributed by atoms with Crippen molar-refractivity contribution in [1.29, 1.82) is 0 Å². The van der Waals surface area contributed by atoms with Crippen molar-refractivity contribution in [3.8, 4) is 0 Å². The second kappa shape index (κ2) is 5.98. The molecule has 4 heteroatoms. The second-order valence-corrected chi connectivity index (χ2v) is 7.11. The van der Waals surface area contributed by atoms with E-state index in [1.807, 2.05) is 4.90 Å². The standard InChI is InChI=1S/C18H23F2NO/c1-18(8-9-18)17(22)21-10-2-3-14(12-21)5-4-13-6-7-15(19)16(20)11-13/h6-7,11,14H,2-5,8-10,12H2,1H3. The Morgan fingerprint density at radius 3 is 2.77 bits per heavy atom. The fraction of sp³-hybridized carbons (Fsp3) is 0.611. The summed E-state index contributed by atoms with van der Waals surface area (Å²) >= 11 is 0. The Morgan fingerprint density at radius 1 is 1.32 bits per heavy atom. The first kappa shape index (κ1) is 15.4. The van der Waals surface area contributed by atoms with Crippen LogP contribution in [0.1, 0.15) is 44.6 Å². The van der Waals surface area contributed by atoms with Crippen LogP contribution in [0.25, 0.3) is 0 Å². The van der Waals surface area contributed by atoms with Crippen molar-refractivity contribution in [2.45, 2.75) is 45.4 Å². The van der Waals surface area contributed by atoms with Crippen LogP contribution in [0.2, 0.25) is 0 Å². The lowest BCUT2D eigenvalue weighted by molar-refractivity contribution is -0.138. The van der Waals surface area contributed by atoms with Crippen LogP contribution in [-0.4, -0.2) is 23.9 Å². The van der Waals surface area contributed by atoms with Gasteiger partial charge in [0.1, 0.15) is 0 Å². The third-order valence-electron chi connectivity index (χ3n) is 5.15. The second-order valence-electron chi connectivity index (χ2n) is 7.11. The number of halogens is 2. The van der Waals surface area contributed by atoms with E-state index in [-0.39, 0.29) is 5.41 Å². The van der Waals surface area contributed by atoms with Crippen LogP contribution in [0.4, 0.5) is 8.78 Å². The van der Waals surface area contributed by atoms with Gasteiger partial charge >= 0.3 is 0 Å². The van der Waals surface area contributed by atoms with Gasteiger partial charge in [0.05, 0.1) is 0 Å². The smallest absolute Gasteiger partial charge is 0.228 e. The van der Waals surface area contributed by atoms with Crippen molar-refractivity contribution in [1.82, 2.24) is 4.90 Å². The molecule has 0 radical (unpaired) electrons. The normalized spacial score (nSPS) is 23.4. The van der Waals surface area contributed by atoms with Gasteiger partial charge in [0, 0.05) is 18.5 Å². The molecule has 1 saturated carbocycles. The molecule has 0 aromatic heterocycles. The van der Waals surface area contributed by atoms with E-state index in [1.54, 1.807) is 6.07 Å². The average molecular weight is 307 g/mol. The Hall–Kier alpha value is -1.45. The zero-order chi connectivity index (χ0) is 15.7. The van der Waals surface area contributed by atoms with Gasteiger partial charge in [-0.25, -0.2) is 8.78 Å². The van der Waals surface area contributed by atoms with Crippen molar-refractivity contribution in [3.63, 3.8) is 0 Å². The largest absolute Gasteiger partial charge is 0.342 e. The molecule has 1 aromatic rings. The lowest BCUT2D eigenvalue weighted by Crippen LogP contribution is -2.43. The van der Waals surface area contributed by atoms with E-state index in [9.17, 15) is 13.6 Å². The lowest BCUT2D eigenvalue weighted by atomic mass is 9.90. The molecule has 3 rings (SSSR count). The molecule has 0 spiro atoms. The molecule has 120 valence electrons. The molecule has 1 heterocycles. The first-order chi connectivity index (χ1) is 10.5. The van der Waals surface area contributed by atoms with Crippen LogP contribution in [0.3, 0.4) is 0 Å². The minimum atomic E-state index is -0.795. The van der Waals surface area contributed by atoms with Crippen LogP contribution in [0.15, 0.2) is 18.2 Å². The molecule has 1 aliphatic carbocycles. The summed E-state index contributed by atoms with van der Waals surface area (Å²) in [6.07, 6.45) is 5.85. The Morgan fingerprint density at radius 2 is 2.09 bits per heavy atom. The Bertz CT molecular complexity index is 568. The molecule has 22 heavy (non-hydrogen) atoms. The summed E-state index contributed by atoms with van der Waals surface area (Å²) in [5, 5.41) is 0. The number of benzene rings is 1. The molecule has 1 amide bonds. The number of likely N-dealkylation sites (tertiary alicyclic amines) is 1. The van der Waals surface area contributed by atoms with Gasteiger partial charge in [-0.15, -0.1) is 0 Å². The zero-order valence-electron chi connectivity index (χ0n) is 13.1. The summed E-state index contributed by atoms with van der Waals surface area (Å²) in [5.41, 5.74) is 0.735. The molecule has 1 aliphatic heterocycles. The van der Waals surface area contributed by atoms with Crippen molar-refractivity contribution >= 4 is 5.91 Å². The fourth-order valence-corrected chi connectivity index (χ4v) is 3.33. The molecule has 1 unspecified atom stereocenters. The van der Waals surface area contributed by atoms with Crippen molar-refractivity contribution in [2.75, 3.05) is 13.1 Å². The summed E-state index contributed by atoms with van der Waals surface area (Å²) < 4.78 is 26.2. The van der Waals surface area contributed by atoms with Crippen molar-refractivity contribution < 1.29 is 13.6 Å². The number of aryl methyl sites for hydroxylation is 1. The van der Waals surface area contributed by atoms with Crippen LogP contribution in [0.5, 0.6) is 0 Å². The van der Waals surface area contributed by atoms with Crippen molar-refractivity contribution in [2.24, 2.45) is 11.3 Å². The predicted octanol–water partition coefficient (Wildman–Crippen LogP) is 3.94. The number of amides is 1. The number of hydrogen-bond donors (Lipinski definition) is 0. The molecule has 2 fully saturated rings. The molecule has 0 N–H and O–H groups in total. The SMILES string of the molecule is CC1(C(=O)N2CCCC(CCc3ccc(F)c(F)c3)C2)CC1. The third kappa shape index (κ3) is 3.31. The monoisotopic (exact) mass is 307 g/mol. The van der Waals surface area contributed by atoms with E-state index >= 15 is 0 Å². The van der Waals surface area contributed by atoms with E-state index < -0.39 is 11.6 Å². The van der Waals surface area contributed by atoms with E-state index in [0.29, 0.717) is 11.8 Å². The molecule has 1 aromatic carbocycles. The number of carbonyl (C=O) groups excluding carboxylic acids is 1. The van der Waals surface area contributed by atoms with Gasteiger partial charge in [-0.3, -0.25) is 4.79 Å². The molecule has 2 nitrogen and oxygen atoms in total. The zero-order valence-corrected chi connectivity index (χ0v) is 13.1. The van der Waals surface area contributed by atoms with Gasteiger partial charge in [0.15, 0.2) is 11.6 Å². The van der Waals surface area contributed by atoms with E-state index in [2.05, 4.69) is 6.92 Å². The maximum absolute atomic E-state index is 13.2. The molecule has 1 saturated heterocycles. The minimum absolute atomic E-state index is 0.0953. The Labute approximate surface area is 130 Å². The van der Waals surface area contributed by atoms with Gasteiger partial charge in [-0.05, 0) is 62.1 Å². The summed E-state index contributed by atoms with van der Waals surface area (Å²) in [7, 11) is 0. The van der Waals surface area contributed by atoms with Crippen LogP contribution < -0.4 is 0 Å². The quantitative estimate of drug-likeness (QED) is 0.825. The highest BCUT2D eigenvalue weighted by Crippen LogP contribution is 2.47. The number of nitrogens with zero attached hydrogens (tertiary/aromatic N) is 1. The first-order valence-electron chi connectivity index (χ1n) is 8.21. The maximum Gasteiger partial charge on any atom is 0.228 e. The molecule has 0 bridgehead atoms. The summed E-state index contributed by atoms with van der Waals surface area (Å²) in [6, 6.07) is 4.12. The first-order valence-corrected chi connectivity index (χ1v) is 8.21. The third-order valence-corrected chi connectivity index (χ3v) is 5.15. The predicted molar refractivity (Wildman–Crippen MR) is 81.3 cm³/mol. The van der Waals surface area contributed by atoms with Gasteiger partial charge in [0.2, 0.25) is 5.91 Å². The van der Waals surface area contributed by atoms with Gasteiger partial charge in [0.25, 0.3) is 0 Å². The van der Waals surface area contributed by atoms with Crippen LogP contribution in [-0.2, 0) is 11.2 Å². The lowest BCUT2D eigenvalue weighted by Gasteiger charge is -2.34. The number of carbonyl (C=O) groups is 1. The van der Waals surface area contributed by atoms with E-state index in [0.717, 1.165) is 57.2 Å². The average Bonchev–Trinajstić information content (AvgIpc) is 3.27. The number of rotatable bonds is 4. The minimum Gasteiger partial charge on any atom is -0.342 e. The molecular weight excluding hydrogens is 284 g/mol. The fourth-order valence-electron chi connectivity index (χ4n) is 3.33. The van der Waals surface area contributed by atoms with E-state index in [4.69, 9.17) is 0 Å². The summed E-state index contributed by atoms with van der Waals surface area (Å²) in [4.78, 5) is 14.4. The molecule has 1 atom stereocenters. The highest BCUT2D eigenvalue weighted by molar-refractivity contribution is 5.85. The maximum atomic E-state index is 13.2. The summed E-state index contributed by atoms with van der Waals surface area (Å²) in [6.45, 7) is 3.74. The highest BCUT2D eigenvalue weighted by Gasteiger charge is 2.47. The number of piperidine rings is 1. The Kier molecular flexibility index (Phi) is 4.20. The van der Waals surface area contributed by atoms with Crippen LogP contribution in [0, 0.1) is 23.0 Å². The molecule has 2 aliphatic rings. The van der Waals surface area contributed by atoms with Crippen molar-refractivity contribution in [3.05, 3.63) is 35.4 Å². The van der Waals surface area contributed by atoms with E-state index in [1.165, 1.54) is 12.1 Å². The summed E-state index contributed by atoms with van der Waals surface area (Å²) in [5.74, 6) is -0.798.